The van der Waals surface area contributed by atoms with Crippen molar-refractivity contribution < 1.29 is 14.0 Å². The number of rotatable bonds is 3. The van der Waals surface area contributed by atoms with E-state index in [2.05, 4.69) is 10.6 Å². The molecule has 2 amide bonds. The molecule has 0 aliphatic carbocycles. The van der Waals surface area contributed by atoms with Crippen LogP contribution in [0.5, 0.6) is 0 Å². The Labute approximate surface area is 138 Å². The van der Waals surface area contributed by atoms with Gasteiger partial charge in [0.15, 0.2) is 5.76 Å². The van der Waals surface area contributed by atoms with E-state index in [4.69, 9.17) is 4.42 Å². The predicted molar refractivity (Wildman–Crippen MR) is 89.1 cm³/mol. The number of hydrogen-bond donors (Lipinski definition) is 2. The van der Waals surface area contributed by atoms with Gasteiger partial charge in [0.05, 0.1) is 16.1 Å². The van der Waals surface area contributed by atoms with E-state index in [1.807, 2.05) is 24.8 Å². The van der Waals surface area contributed by atoms with Gasteiger partial charge in [-0.2, -0.15) is 0 Å². The molecule has 6 nitrogen and oxygen atoms in total. The Morgan fingerprint density at radius 1 is 1.48 bits per heavy atom. The third-order valence-corrected chi connectivity index (χ3v) is 5.00. The van der Waals surface area contributed by atoms with Gasteiger partial charge < -0.3 is 20.0 Å². The lowest BCUT2D eigenvalue weighted by atomic mass is 10.2. The summed E-state index contributed by atoms with van der Waals surface area (Å²) >= 11 is 1.30. The summed E-state index contributed by atoms with van der Waals surface area (Å²) in [6.07, 6.45) is 1.45. The Balaban J connectivity index is 1.75. The van der Waals surface area contributed by atoms with Crippen LogP contribution in [0.1, 0.15) is 32.7 Å². The van der Waals surface area contributed by atoms with Crippen molar-refractivity contribution in [1.82, 2.24) is 10.2 Å². The van der Waals surface area contributed by atoms with Gasteiger partial charge in [0.25, 0.3) is 11.8 Å². The molecule has 0 radical (unpaired) electrons. The molecule has 2 aromatic heterocycles. The third-order valence-electron chi connectivity index (χ3n) is 3.86. The third kappa shape index (κ3) is 3.30. The molecule has 2 N–H and O–H groups in total. The average molecular weight is 333 g/mol. The van der Waals surface area contributed by atoms with Crippen molar-refractivity contribution in [2.45, 2.75) is 19.9 Å². The van der Waals surface area contributed by atoms with Crippen molar-refractivity contribution in [3.63, 3.8) is 0 Å². The van der Waals surface area contributed by atoms with Crippen LogP contribution in [0.4, 0.5) is 5.00 Å². The fourth-order valence-electron chi connectivity index (χ4n) is 2.61. The number of furan rings is 1. The minimum atomic E-state index is -0.314. The Hall–Kier alpha value is -2.12. The first-order valence-corrected chi connectivity index (χ1v) is 8.35. The van der Waals surface area contributed by atoms with Gasteiger partial charge >= 0.3 is 0 Å². The standard InChI is InChI=1S/C16H19N3O3S/c1-10-8-13(18-15(20)12-4-3-7-22-12)23-14(10)16(21)19-6-5-17-9-11(19)2/h3-4,7-8,11,17H,5-6,9H2,1-2H3,(H,18,20)/t11-/m0/s1. The van der Waals surface area contributed by atoms with Gasteiger partial charge in [0.1, 0.15) is 0 Å². The molecule has 7 heteroatoms. The molecule has 1 aliphatic heterocycles. The monoisotopic (exact) mass is 333 g/mol. The molecule has 3 heterocycles. The second-order valence-corrected chi connectivity index (χ2v) is 6.66. The minimum absolute atomic E-state index is 0.0278. The normalized spacial score (nSPS) is 18.0. The molecule has 3 rings (SSSR count). The Morgan fingerprint density at radius 2 is 2.30 bits per heavy atom. The maximum absolute atomic E-state index is 12.7. The highest BCUT2D eigenvalue weighted by atomic mass is 32.1. The van der Waals surface area contributed by atoms with Crippen molar-refractivity contribution in [3.05, 3.63) is 40.7 Å². The summed E-state index contributed by atoms with van der Waals surface area (Å²) < 4.78 is 5.07. The van der Waals surface area contributed by atoms with Gasteiger partial charge in [0.2, 0.25) is 0 Å². The Bertz CT molecular complexity index is 708. The van der Waals surface area contributed by atoms with Crippen LogP contribution < -0.4 is 10.6 Å². The van der Waals surface area contributed by atoms with Crippen LogP contribution in [0.3, 0.4) is 0 Å². The molecule has 0 saturated carbocycles. The first-order valence-electron chi connectivity index (χ1n) is 7.53. The highest BCUT2D eigenvalue weighted by molar-refractivity contribution is 7.18. The van der Waals surface area contributed by atoms with Crippen molar-refractivity contribution in [2.75, 3.05) is 25.0 Å². The van der Waals surface area contributed by atoms with E-state index in [9.17, 15) is 9.59 Å². The Kier molecular flexibility index (Phi) is 4.49. The van der Waals surface area contributed by atoms with Crippen molar-refractivity contribution in [1.29, 1.82) is 0 Å². The van der Waals surface area contributed by atoms with Gasteiger partial charge in [-0.05, 0) is 37.6 Å². The molecular weight excluding hydrogens is 314 g/mol. The molecule has 1 saturated heterocycles. The number of thiophene rings is 1. The summed E-state index contributed by atoms with van der Waals surface area (Å²) in [5, 5.41) is 6.70. The molecule has 0 bridgehead atoms. The van der Waals surface area contributed by atoms with E-state index < -0.39 is 0 Å². The van der Waals surface area contributed by atoms with Crippen molar-refractivity contribution in [3.8, 4) is 0 Å². The van der Waals surface area contributed by atoms with Crippen LogP contribution in [0.25, 0.3) is 0 Å². The number of hydrogen-bond acceptors (Lipinski definition) is 5. The zero-order chi connectivity index (χ0) is 16.4. The fraction of sp³-hybridized carbons (Fsp3) is 0.375. The molecule has 1 aliphatic rings. The molecule has 1 fully saturated rings. The molecule has 1 atom stereocenters. The first-order chi connectivity index (χ1) is 11.1. The van der Waals surface area contributed by atoms with Gasteiger partial charge in [-0.15, -0.1) is 11.3 Å². The summed E-state index contributed by atoms with van der Waals surface area (Å²) in [5.41, 5.74) is 0.875. The van der Waals surface area contributed by atoms with Crippen LogP contribution in [-0.4, -0.2) is 42.4 Å². The summed E-state index contributed by atoms with van der Waals surface area (Å²) in [4.78, 5) is 27.3. The van der Waals surface area contributed by atoms with Crippen LogP contribution >= 0.6 is 11.3 Å². The minimum Gasteiger partial charge on any atom is -0.459 e. The maximum Gasteiger partial charge on any atom is 0.291 e. The molecule has 0 unspecified atom stereocenters. The van der Waals surface area contributed by atoms with E-state index in [1.54, 1.807) is 12.1 Å². The number of nitrogens with zero attached hydrogens (tertiary/aromatic N) is 1. The summed E-state index contributed by atoms with van der Waals surface area (Å²) in [5.74, 6) is -0.0366. The van der Waals surface area contributed by atoms with Crippen LogP contribution in [-0.2, 0) is 0 Å². The number of carbonyl (C=O) groups excluding carboxylic acids is 2. The van der Waals surface area contributed by atoms with Crippen molar-refractivity contribution in [2.24, 2.45) is 0 Å². The molecular formula is C16H19N3O3S. The average Bonchev–Trinajstić information content (AvgIpc) is 3.17. The number of piperazine rings is 1. The lowest BCUT2D eigenvalue weighted by Gasteiger charge is -2.33. The topological polar surface area (TPSA) is 74.6 Å². The Morgan fingerprint density at radius 3 is 3.00 bits per heavy atom. The number of aryl methyl sites for hydroxylation is 1. The highest BCUT2D eigenvalue weighted by Crippen LogP contribution is 2.29. The lowest BCUT2D eigenvalue weighted by molar-refractivity contribution is 0.0660. The predicted octanol–water partition coefficient (Wildman–Crippen LogP) is 2.34. The van der Waals surface area contributed by atoms with E-state index in [0.29, 0.717) is 16.4 Å². The van der Waals surface area contributed by atoms with E-state index >= 15 is 0 Å². The maximum atomic E-state index is 12.7. The van der Waals surface area contributed by atoms with E-state index in [1.165, 1.54) is 17.6 Å². The second kappa shape index (κ2) is 6.55. The largest absolute Gasteiger partial charge is 0.459 e. The number of amides is 2. The van der Waals surface area contributed by atoms with Gasteiger partial charge in [0, 0.05) is 25.7 Å². The van der Waals surface area contributed by atoms with Crippen LogP contribution in [0.2, 0.25) is 0 Å². The summed E-state index contributed by atoms with van der Waals surface area (Å²) in [6, 6.07) is 5.25. The lowest BCUT2D eigenvalue weighted by Crippen LogP contribution is -2.52. The van der Waals surface area contributed by atoms with Gasteiger partial charge in [-0.3, -0.25) is 9.59 Å². The van der Waals surface area contributed by atoms with Crippen LogP contribution in [0, 0.1) is 6.92 Å². The molecule has 122 valence electrons. The van der Waals surface area contributed by atoms with Gasteiger partial charge in [-0.25, -0.2) is 0 Å². The van der Waals surface area contributed by atoms with E-state index in [0.717, 1.165) is 18.7 Å². The number of carbonyl (C=O) groups is 2. The zero-order valence-electron chi connectivity index (χ0n) is 13.1. The zero-order valence-corrected chi connectivity index (χ0v) is 13.9. The number of nitrogens with one attached hydrogen (secondary N) is 2. The van der Waals surface area contributed by atoms with Crippen LogP contribution in [0.15, 0.2) is 28.9 Å². The SMILES string of the molecule is Cc1cc(NC(=O)c2ccco2)sc1C(=O)N1CCNC[C@@H]1C. The summed E-state index contributed by atoms with van der Waals surface area (Å²) in [6.45, 7) is 6.23. The summed E-state index contributed by atoms with van der Waals surface area (Å²) in [7, 11) is 0. The van der Waals surface area contributed by atoms with E-state index in [-0.39, 0.29) is 23.6 Å². The van der Waals surface area contributed by atoms with Crippen molar-refractivity contribution >= 4 is 28.2 Å². The highest BCUT2D eigenvalue weighted by Gasteiger charge is 2.26. The molecule has 0 aromatic carbocycles. The molecule has 23 heavy (non-hydrogen) atoms. The smallest absolute Gasteiger partial charge is 0.291 e. The first kappa shape index (κ1) is 15.8. The van der Waals surface area contributed by atoms with Gasteiger partial charge in [-0.1, -0.05) is 0 Å². The quantitative estimate of drug-likeness (QED) is 0.904. The molecule has 0 spiro atoms. The second-order valence-electron chi connectivity index (χ2n) is 5.61. The molecule has 2 aromatic rings. The number of anilines is 1. The fourth-order valence-corrected chi connectivity index (χ4v) is 3.63.